The highest BCUT2D eigenvalue weighted by atomic mass is 19.4. The molecule has 0 spiro atoms. The SMILES string of the molecule is C[C@@H](CO)N1C(c2ccc(OC(F)(F)F)cc2)=CC=NC1c1ccc(C#N)nc1. The number of nitrogens with zero attached hydrogens (tertiary/aromatic N) is 4. The molecule has 1 N–H and O–H groups in total. The Morgan fingerprint density at radius 3 is 2.52 bits per heavy atom. The predicted molar refractivity (Wildman–Crippen MR) is 99.7 cm³/mol. The number of alkyl halides is 3. The maximum absolute atomic E-state index is 12.4. The number of allylic oxidation sites excluding steroid dienone is 1. The molecule has 1 aliphatic rings. The zero-order valence-corrected chi connectivity index (χ0v) is 15.3. The first-order valence-electron chi connectivity index (χ1n) is 8.67. The van der Waals surface area contributed by atoms with Crippen molar-refractivity contribution in [2.24, 2.45) is 4.99 Å². The molecule has 0 aliphatic carbocycles. The number of hydrogen-bond acceptors (Lipinski definition) is 6. The zero-order chi connectivity index (χ0) is 21.0. The van der Waals surface area contributed by atoms with Gasteiger partial charge in [0, 0.05) is 23.7 Å². The number of nitriles is 1. The van der Waals surface area contributed by atoms with Gasteiger partial charge in [0.1, 0.15) is 23.7 Å². The van der Waals surface area contributed by atoms with Crippen LogP contribution < -0.4 is 4.74 Å². The van der Waals surface area contributed by atoms with Gasteiger partial charge in [-0.05, 0) is 48.9 Å². The molecule has 3 rings (SSSR count). The second kappa shape index (κ2) is 8.32. The van der Waals surface area contributed by atoms with E-state index in [-0.39, 0.29) is 24.1 Å². The van der Waals surface area contributed by atoms with Crippen molar-refractivity contribution in [3.05, 3.63) is 65.5 Å². The fraction of sp³-hybridized carbons (Fsp3) is 0.250. The Morgan fingerprint density at radius 2 is 1.97 bits per heavy atom. The average molecular weight is 402 g/mol. The summed E-state index contributed by atoms with van der Waals surface area (Å²) in [6.45, 7) is 1.64. The molecule has 29 heavy (non-hydrogen) atoms. The smallest absolute Gasteiger partial charge is 0.406 e. The third kappa shape index (κ3) is 4.73. The summed E-state index contributed by atoms with van der Waals surface area (Å²) >= 11 is 0. The van der Waals surface area contributed by atoms with Gasteiger partial charge in [-0.15, -0.1) is 13.2 Å². The molecule has 0 saturated carbocycles. The van der Waals surface area contributed by atoms with Crippen LogP contribution >= 0.6 is 0 Å². The topological polar surface area (TPSA) is 81.7 Å². The first-order valence-corrected chi connectivity index (χ1v) is 8.67. The van der Waals surface area contributed by atoms with Gasteiger partial charge >= 0.3 is 6.36 Å². The molecule has 150 valence electrons. The van der Waals surface area contributed by atoms with E-state index in [0.29, 0.717) is 16.8 Å². The fourth-order valence-corrected chi connectivity index (χ4v) is 2.99. The van der Waals surface area contributed by atoms with Crippen molar-refractivity contribution in [3.63, 3.8) is 0 Å². The molecule has 1 aliphatic heterocycles. The van der Waals surface area contributed by atoms with Crippen molar-refractivity contribution in [2.75, 3.05) is 6.61 Å². The maximum atomic E-state index is 12.4. The lowest BCUT2D eigenvalue weighted by atomic mass is 10.0. The molecule has 0 amide bonds. The average Bonchev–Trinajstić information content (AvgIpc) is 2.72. The van der Waals surface area contributed by atoms with Gasteiger partial charge in [0.15, 0.2) is 0 Å². The van der Waals surface area contributed by atoms with E-state index in [4.69, 9.17) is 5.26 Å². The van der Waals surface area contributed by atoms with Crippen LogP contribution in [-0.4, -0.2) is 40.2 Å². The number of rotatable bonds is 5. The number of ether oxygens (including phenoxy) is 1. The predicted octanol–water partition coefficient (Wildman–Crippen LogP) is 3.66. The van der Waals surface area contributed by atoms with E-state index in [1.165, 1.54) is 24.3 Å². The Hall–Kier alpha value is -3.38. The number of aliphatic hydroxyl groups excluding tert-OH is 1. The molecule has 2 aromatic rings. The molecule has 0 radical (unpaired) electrons. The Labute approximate surface area is 165 Å². The van der Waals surface area contributed by atoms with Gasteiger partial charge in [-0.2, -0.15) is 5.26 Å². The number of aliphatic hydroxyl groups is 1. The number of aromatic nitrogens is 1. The summed E-state index contributed by atoms with van der Waals surface area (Å²) in [5, 5.41) is 18.7. The van der Waals surface area contributed by atoms with Crippen molar-refractivity contribution >= 4 is 11.9 Å². The minimum atomic E-state index is -4.76. The van der Waals surface area contributed by atoms with E-state index in [1.54, 1.807) is 37.5 Å². The van der Waals surface area contributed by atoms with Crippen LogP contribution in [0, 0.1) is 11.3 Å². The lowest BCUT2D eigenvalue weighted by Crippen LogP contribution is -2.38. The Bertz CT molecular complexity index is 948. The molecule has 0 fully saturated rings. The van der Waals surface area contributed by atoms with E-state index in [2.05, 4.69) is 14.7 Å². The van der Waals surface area contributed by atoms with Crippen molar-refractivity contribution in [1.82, 2.24) is 9.88 Å². The summed E-state index contributed by atoms with van der Waals surface area (Å²) in [6, 6.07) is 10.4. The summed E-state index contributed by atoms with van der Waals surface area (Å²) in [7, 11) is 0. The van der Waals surface area contributed by atoms with Gasteiger partial charge in [-0.3, -0.25) is 4.99 Å². The Morgan fingerprint density at radius 1 is 1.24 bits per heavy atom. The number of aliphatic imine (C=N–C) groups is 1. The molecule has 6 nitrogen and oxygen atoms in total. The lowest BCUT2D eigenvalue weighted by molar-refractivity contribution is -0.274. The van der Waals surface area contributed by atoms with Crippen LogP contribution in [-0.2, 0) is 0 Å². The molecule has 9 heteroatoms. The number of benzene rings is 1. The summed E-state index contributed by atoms with van der Waals surface area (Å²) in [5.74, 6) is -0.319. The molecule has 0 bridgehead atoms. The highest BCUT2D eigenvalue weighted by Crippen LogP contribution is 2.36. The fourth-order valence-electron chi connectivity index (χ4n) is 2.99. The molecule has 1 aromatic carbocycles. The second-order valence-electron chi connectivity index (χ2n) is 6.32. The highest BCUT2D eigenvalue weighted by molar-refractivity contribution is 5.86. The van der Waals surface area contributed by atoms with Crippen LogP contribution in [0.2, 0.25) is 0 Å². The van der Waals surface area contributed by atoms with E-state index in [0.717, 1.165) is 0 Å². The van der Waals surface area contributed by atoms with Gasteiger partial charge < -0.3 is 14.7 Å². The summed E-state index contributed by atoms with van der Waals surface area (Å²) in [4.78, 5) is 10.4. The van der Waals surface area contributed by atoms with Gasteiger partial charge in [-0.25, -0.2) is 4.98 Å². The molecule has 0 saturated heterocycles. The van der Waals surface area contributed by atoms with Crippen molar-refractivity contribution in [2.45, 2.75) is 25.5 Å². The van der Waals surface area contributed by atoms with E-state index < -0.39 is 12.5 Å². The maximum Gasteiger partial charge on any atom is 0.573 e. The van der Waals surface area contributed by atoms with E-state index in [1.807, 2.05) is 11.0 Å². The molecule has 1 aromatic heterocycles. The number of hydrogen-bond donors (Lipinski definition) is 1. The summed E-state index contributed by atoms with van der Waals surface area (Å²) in [6.07, 6.45) is -0.411. The minimum absolute atomic E-state index is 0.164. The zero-order valence-electron chi connectivity index (χ0n) is 15.3. The lowest BCUT2D eigenvalue weighted by Gasteiger charge is -2.39. The van der Waals surface area contributed by atoms with Gasteiger partial charge in [0.2, 0.25) is 0 Å². The van der Waals surface area contributed by atoms with E-state index in [9.17, 15) is 18.3 Å². The Balaban J connectivity index is 1.93. The van der Waals surface area contributed by atoms with Crippen molar-refractivity contribution in [3.8, 4) is 11.8 Å². The van der Waals surface area contributed by atoms with Crippen LogP contribution in [0.3, 0.4) is 0 Å². The molecule has 1 unspecified atom stereocenters. The van der Waals surface area contributed by atoms with Crippen LogP contribution in [0.15, 0.2) is 53.7 Å². The first kappa shape index (κ1) is 20.4. The normalized spacial score (nSPS) is 17.4. The van der Waals surface area contributed by atoms with Gasteiger partial charge in [0.25, 0.3) is 0 Å². The quantitative estimate of drug-likeness (QED) is 0.826. The standard InChI is InChI=1S/C20H17F3N4O2/c1-13(12-28)27-18(14-3-6-17(7-4-14)29-20(21,22)23)8-9-25-19(27)15-2-5-16(10-24)26-11-15/h2-9,11,13,19,28H,12H2,1H3/t13-,19?/m0/s1. The minimum Gasteiger partial charge on any atom is -0.406 e. The molecular formula is C20H17F3N4O2. The van der Waals surface area contributed by atoms with Crippen molar-refractivity contribution < 1.29 is 23.0 Å². The van der Waals surface area contributed by atoms with Gasteiger partial charge in [-0.1, -0.05) is 6.07 Å². The first-order chi connectivity index (χ1) is 13.8. The van der Waals surface area contributed by atoms with Crippen LogP contribution in [0.4, 0.5) is 13.2 Å². The van der Waals surface area contributed by atoms with Crippen LogP contribution in [0.5, 0.6) is 5.75 Å². The number of halogens is 3. The largest absolute Gasteiger partial charge is 0.573 e. The monoisotopic (exact) mass is 402 g/mol. The Kier molecular flexibility index (Phi) is 5.84. The molecular weight excluding hydrogens is 385 g/mol. The van der Waals surface area contributed by atoms with Crippen LogP contribution in [0.1, 0.15) is 29.9 Å². The third-order valence-electron chi connectivity index (χ3n) is 4.32. The highest BCUT2D eigenvalue weighted by Gasteiger charge is 2.32. The van der Waals surface area contributed by atoms with Crippen LogP contribution in [0.25, 0.3) is 5.70 Å². The number of pyridine rings is 1. The van der Waals surface area contributed by atoms with Gasteiger partial charge in [0.05, 0.1) is 12.6 Å². The molecule has 2 heterocycles. The van der Waals surface area contributed by atoms with E-state index >= 15 is 0 Å². The third-order valence-corrected chi connectivity index (χ3v) is 4.32. The summed E-state index contributed by atoms with van der Waals surface area (Å²) < 4.78 is 41.1. The second-order valence-corrected chi connectivity index (χ2v) is 6.32. The molecule has 2 atom stereocenters. The van der Waals surface area contributed by atoms with Crippen molar-refractivity contribution in [1.29, 1.82) is 5.26 Å². The summed E-state index contributed by atoms with van der Waals surface area (Å²) in [5.41, 5.74) is 2.29.